The molecular formula is C12H23N3O2. The van der Waals surface area contributed by atoms with Gasteiger partial charge in [-0.05, 0) is 24.8 Å². The molecule has 0 aromatic carbocycles. The maximum absolute atomic E-state index is 11.8. The summed E-state index contributed by atoms with van der Waals surface area (Å²) in [4.78, 5) is 22.7. The van der Waals surface area contributed by atoms with Crippen LogP contribution in [-0.2, 0) is 9.59 Å². The highest BCUT2D eigenvalue weighted by molar-refractivity contribution is 5.82. The fraction of sp³-hybridized carbons (Fsp3) is 0.833. The number of carbonyl (C=O) groups is 2. The van der Waals surface area contributed by atoms with Crippen LogP contribution in [0.2, 0.25) is 0 Å². The van der Waals surface area contributed by atoms with Crippen molar-refractivity contribution < 1.29 is 9.59 Å². The van der Waals surface area contributed by atoms with Crippen LogP contribution in [0.25, 0.3) is 0 Å². The van der Waals surface area contributed by atoms with E-state index in [0.717, 1.165) is 6.42 Å². The van der Waals surface area contributed by atoms with E-state index in [9.17, 15) is 9.59 Å². The van der Waals surface area contributed by atoms with Crippen LogP contribution >= 0.6 is 0 Å². The van der Waals surface area contributed by atoms with E-state index in [1.165, 1.54) is 0 Å². The molecule has 1 heterocycles. The summed E-state index contributed by atoms with van der Waals surface area (Å²) in [7, 11) is 0. The summed E-state index contributed by atoms with van der Waals surface area (Å²) in [6.45, 7) is 5.33. The Morgan fingerprint density at radius 3 is 2.76 bits per heavy atom. The van der Waals surface area contributed by atoms with E-state index >= 15 is 0 Å². The zero-order valence-electron chi connectivity index (χ0n) is 10.7. The SMILES string of the molecule is CC(C)CC(CN)CC(=O)NC1CNC(=O)C1. The monoisotopic (exact) mass is 241 g/mol. The van der Waals surface area contributed by atoms with E-state index < -0.39 is 0 Å². The Kier molecular flexibility index (Phi) is 5.41. The molecule has 2 unspecified atom stereocenters. The lowest BCUT2D eigenvalue weighted by atomic mass is 9.94. The number of hydrogen-bond acceptors (Lipinski definition) is 3. The molecule has 98 valence electrons. The van der Waals surface area contributed by atoms with Gasteiger partial charge in [-0.3, -0.25) is 9.59 Å². The van der Waals surface area contributed by atoms with Gasteiger partial charge in [0, 0.05) is 19.4 Å². The molecule has 5 nitrogen and oxygen atoms in total. The molecule has 0 aromatic rings. The third-order valence-corrected chi connectivity index (χ3v) is 2.95. The maximum atomic E-state index is 11.8. The van der Waals surface area contributed by atoms with Gasteiger partial charge >= 0.3 is 0 Å². The van der Waals surface area contributed by atoms with Crippen molar-refractivity contribution in [1.82, 2.24) is 10.6 Å². The Morgan fingerprint density at radius 2 is 2.29 bits per heavy atom. The lowest BCUT2D eigenvalue weighted by Crippen LogP contribution is -2.38. The van der Waals surface area contributed by atoms with Crippen LogP contribution in [0.3, 0.4) is 0 Å². The van der Waals surface area contributed by atoms with Gasteiger partial charge in [-0.25, -0.2) is 0 Å². The minimum absolute atomic E-state index is 0.00241. The van der Waals surface area contributed by atoms with Crippen LogP contribution in [0.1, 0.15) is 33.1 Å². The molecule has 17 heavy (non-hydrogen) atoms. The lowest BCUT2D eigenvalue weighted by Gasteiger charge is -2.18. The van der Waals surface area contributed by atoms with E-state index in [-0.39, 0.29) is 23.8 Å². The van der Waals surface area contributed by atoms with Crippen molar-refractivity contribution in [3.63, 3.8) is 0 Å². The quantitative estimate of drug-likeness (QED) is 0.612. The Bertz CT molecular complexity index is 279. The Labute approximate surface area is 103 Å². The summed E-state index contributed by atoms with van der Waals surface area (Å²) in [6.07, 6.45) is 1.81. The highest BCUT2D eigenvalue weighted by atomic mass is 16.2. The third kappa shape index (κ3) is 5.17. The second kappa shape index (κ2) is 6.59. The van der Waals surface area contributed by atoms with Gasteiger partial charge in [-0.1, -0.05) is 13.8 Å². The molecule has 0 saturated carbocycles. The zero-order valence-corrected chi connectivity index (χ0v) is 10.7. The van der Waals surface area contributed by atoms with Crippen molar-refractivity contribution in [2.24, 2.45) is 17.6 Å². The Balaban J connectivity index is 2.29. The summed E-state index contributed by atoms with van der Waals surface area (Å²) < 4.78 is 0. The van der Waals surface area contributed by atoms with Gasteiger partial charge in [0.05, 0.1) is 6.04 Å². The van der Waals surface area contributed by atoms with E-state index in [2.05, 4.69) is 24.5 Å². The van der Waals surface area contributed by atoms with Crippen LogP contribution in [0.15, 0.2) is 0 Å². The molecular weight excluding hydrogens is 218 g/mol. The summed E-state index contributed by atoms with van der Waals surface area (Å²) in [6, 6.07) is -0.0486. The fourth-order valence-electron chi connectivity index (χ4n) is 2.19. The molecule has 1 aliphatic rings. The number of amides is 2. The van der Waals surface area contributed by atoms with Crippen LogP contribution in [0.4, 0.5) is 0 Å². The molecule has 1 aliphatic heterocycles. The first-order chi connectivity index (χ1) is 8.01. The molecule has 0 bridgehead atoms. The molecule has 2 atom stereocenters. The Hall–Kier alpha value is -1.10. The number of hydrogen-bond donors (Lipinski definition) is 3. The van der Waals surface area contributed by atoms with Gasteiger partial charge < -0.3 is 16.4 Å². The van der Waals surface area contributed by atoms with Gasteiger partial charge in [-0.2, -0.15) is 0 Å². The zero-order chi connectivity index (χ0) is 12.8. The lowest BCUT2D eigenvalue weighted by molar-refractivity contribution is -0.122. The van der Waals surface area contributed by atoms with Crippen molar-refractivity contribution in [1.29, 1.82) is 0 Å². The van der Waals surface area contributed by atoms with Crippen LogP contribution in [-0.4, -0.2) is 30.9 Å². The van der Waals surface area contributed by atoms with Crippen molar-refractivity contribution in [2.45, 2.75) is 39.2 Å². The molecule has 0 aromatic heterocycles. The van der Waals surface area contributed by atoms with E-state index in [4.69, 9.17) is 5.73 Å². The van der Waals surface area contributed by atoms with E-state index in [1.807, 2.05) is 0 Å². The van der Waals surface area contributed by atoms with Crippen molar-refractivity contribution in [2.75, 3.05) is 13.1 Å². The highest BCUT2D eigenvalue weighted by Gasteiger charge is 2.23. The van der Waals surface area contributed by atoms with Crippen molar-refractivity contribution >= 4 is 11.8 Å². The minimum Gasteiger partial charge on any atom is -0.354 e. The topological polar surface area (TPSA) is 84.2 Å². The Morgan fingerprint density at radius 1 is 1.59 bits per heavy atom. The molecule has 4 N–H and O–H groups in total. The molecule has 0 spiro atoms. The van der Waals surface area contributed by atoms with Gasteiger partial charge in [0.25, 0.3) is 0 Å². The van der Waals surface area contributed by atoms with Gasteiger partial charge in [0.2, 0.25) is 11.8 Å². The number of nitrogens with one attached hydrogen (secondary N) is 2. The van der Waals surface area contributed by atoms with E-state index in [1.54, 1.807) is 0 Å². The number of carbonyl (C=O) groups excluding carboxylic acids is 2. The summed E-state index contributed by atoms with van der Waals surface area (Å²) in [5.74, 6) is 0.793. The van der Waals surface area contributed by atoms with Gasteiger partial charge in [0.15, 0.2) is 0 Å². The first-order valence-electron chi connectivity index (χ1n) is 6.27. The molecule has 0 radical (unpaired) electrons. The molecule has 5 heteroatoms. The predicted molar refractivity (Wildman–Crippen MR) is 66.2 cm³/mol. The smallest absolute Gasteiger partial charge is 0.222 e. The van der Waals surface area contributed by atoms with Crippen LogP contribution in [0.5, 0.6) is 0 Å². The average molecular weight is 241 g/mol. The number of nitrogens with two attached hydrogens (primary N) is 1. The second-order valence-electron chi connectivity index (χ2n) is 5.21. The first-order valence-corrected chi connectivity index (χ1v) is 6.27. The fourth-order valence-corrected chi connectivity index (χ4v) is 2.19. The average Bonchev–Trinajstić information content (AvgIpc) is 2.62. The van der Waals surface area contributed by atoms with E-state index in [0.29, 0.717) is 31.8 Å². The van der Waals surface area contributed by atoms with Crippen molar-refractivity contribution in [3.8, 4) is 0 Å². The molecule has 2 amide bonds. The summed E-state index contributed by atoms with van der Waals surface area (Å²) >= 11 is 0. The molecule has 1 rings (SSSR count). The first kappa shape index (κ1) is 14.0. The third-order valence-electron chi connectivity index (χ3n) is 2.95. The normalized spacial score (nSPS) is 21.4. The molecule has 1 saturated heterocycles. The van der Waals surface area contributed by atoms with Crippen molar-refractivity contribution in [3.05, 3.63) is 0 Å². The van der Waals surface area contributed by atoms with Gasteiger partial charge in [0.1, 0.15) is 0 Å². The summed E-state index contributed by atoms with van der Waals surface area (Å²) in [5.41, 5.74) is 5.65. The predicted octanol–water partition coefficient (Wildman–Crippen LogP) is 0.00220. The van der Waals surface area contributed by atoms with Crippen LogP contribution in [0, 0.1) is 11.8 Å². The maximum Gasteiger partial charge on any atom is 0.222 e. The minimum atomic E-state index is -0.0486. The highest BCUT2D eigenvalue weighted by Crippen LogP contribution is 2.14. The van der Waals surface area contributed by atoms with Gasteiger partial charge in [-0.15, -0.1) is 0 Å². The standard InChI is InChI=1S/C12H23N3O2/c1-8(2)3-9(6-13)4-12(17)15-10-5-11(16)14-7-10/h8-10H,3-7,13H2,1-2H3,(H,14,16)(H,15,17). The van der Waals surface area contributed by atoms with Crippen LogP contribution < -0.4 is 16.4 Å². The largest absolute Gasteiger partial charge is 0.354 e. The molecule has 0 aliphatic carbocycles. The second-order valence-corrected chi connectivity index (χ2v) is 5.21. The molecule has 1 fully saturated rings. The summed E-state index contributed by atoms with van der Waals surface area (Å²) in [5, 5.41) is 5.57. The number of rotatable bonds is 6.